The van der Waals surface area contributed by atoms with Crippen molar-refractivity contribution in [2.45, 2.75) is 58.0 Å². The van der Waals surface area contributed by atoms with E-state index in [4.69, 9.17) is 11.6 Å². The number of carbonyl (C=O) groups is 2. The topological polar surface area (TPSA) is 49.4 Å². The molecule has 0 aliphatic carbocycles. The van der Waals surface area contributed by atoms with Crippen LogP contribution in [0.4, 0.5) is 0 Å². The van der Waals surface area contributed by atoms with Gasteiger partial charge in [0, 0.05) is 29.3 Å². The summed E-state index contributed by atoms with van der Waals surface area (Å²) in [4.78, 5) is 29.0. The average molecular weight is 523 g/mol. The molecule has 0 heterocycles. The molecule has 0 aliphatic rings. The van der Waals surface area contributed by atoms with Crippen LogP contribution in [0, 0.1) is 6.92 Å². The first-order chi connectivity index (χ1) is 17.1. The Labute approximate surface area is 224 Å². The van der Waals surface area contributed by atoms with Gasteiger partial charge < -0.3 is 10.2 Å². The van der Waals surface area contributed by atoms with E-state index < -0.39 is 11.6 Å². The molecule has 36 heavy (non-hydrogen) atoms. The van der Waals surface area contributed by atoms with Gasteiger partial charge in [0.25, 0.3) is 0 Å². The first kappa shape index (κ1) is 27.8. The first-order valence-electron chi connectivity index (χ1n) is 12.1. The molecule has 0 bridgehead atoms. The smallest absolute Gasteiger partial charge is 0.243 e. The van der Waals surface area contributed by atoms with E-state index in [2.05, 4.69) is 11.4 Å². The molecule has 3 aromatic rings. The number of halogens is 1. The van der Waals surface area contributed by atoms with E-state index in [1.54, 1.807) is 4.90 Å². The number of hydrogen-bond donors (Lipinski definition) is 1. The quantitative estimate of drug-likeness (QED) is 0.333. The first-order valence-corrected chi connectivity index (χ1v) is 13.7. The van der Waals surface area contributed by atoms with Gasteiger partial charge >= 0.3 is 0 Å². The molecule has 0 fully saturated rings. The van der Waals surface area contributed by atoms with Crippen LogP contribution in [0.2, 0.25) is 5.02 Å². The van der Waals surface area contributed by atoms with Crippen LogP contribution in [0.5, 0.6) is 0 Å². The minimum atomic E-state index is -0.633. The second kappa shape index (κ2) is 13.0. The molecular formula is C30H35ClN2O2S. The van der Waals surface area contributed by atoms with Gasteiger partial charge in [-0.05, 0) is 56.5 Å². The van der Waals surface area contributed by atoms with Gasteiger partial charge in [-0.25, -0.2) is 0 Å². The lowest BCUT2D eigenvalue weighted by Gasteiger charge is -2.34. The molecule has 1 atom stereocenters. The summed E-state index contributed by atoms with van der Waals surface area (Å²) in [6, 6.07) is 25.0. The molecule has 190 valence electrons. The standard InChI is InChI=1S/C30H35ClN2O2S/c1-22-10-8-13-24(16-22)19-33(28(34)21-36-20-25-14-9-15-26(31)17-25)27(29(35)32-30(2,3)4)18-23-11-6-5-7-12-23/h5-17,27H,18-21H2,1-4H3,(H,32,35). The van der Waals surface area contributed by atoms with Crippen LogP contribution >= 0.6 is 23.4 Å². The maximum Gasteiger partial charge on any atom is 0.243 e. The molecule has 0 radical (unpaired) electrons. The molecule has 1 unspecified atom stereocenters. The summed E-state index contributed by atoms with van der Waals surface area (Å²) in [5.74, 6) is 0.731. The van der Waals surface area contributed by atoms with E-state index >= 15 is 0 Å². The molecule has 0 aromatic heterocycles. The fourth-order valence-corrected chi connectivity index (χ4v) is 5.05. The predicted octanol–water partition coefficient (Wildman–Crippen LogP) is 6.44. The molecular weight excluding hydrogens is 488 g/mol. The highest BCUT2D eigenvalue weighted by molar-refractivity contribution is 7.99. The minimum absolute atomic E-state index is 0.0616. The third-order valence-corrected chi connectivity index (χ3v) is 6.81. The lowest BCUT2D eigenvalue weighted by molar-refractivity contribution is -0.140. The Kier molecular flexibility index (Phi) is 10.0. The predicted molar refractivity (Wildman–Crippen MR) is 151 cm³/mol. The second-order valence-electron chi connectivity index (χ2n) is 10.1. The second-order valence-corrected chi connectivity index (χ2v) is 11.5. The van der Waals surface area contributed by atoms with Crippen LogP contribution in [0.15, 0.2) is 78.9 Å². The Balaban J connectivity index is 1.87. The molecule has 1 N–H and O–H groups in total. The number of nitrogens with one attached hydrogen (secondary N) is 1. The number of benzene rings is 3. The number of rotatable bonds is 10. The number of thioether (sulfide) groups is 1. The summed E-state index contributed by atoms with van der Waals surface area (Å²) in [5, 5.41) is 3.79. The maximum atomic E-state index is 13.7. The fourth-order valence-electron chi connectivity index (χ4n) is 3.98. The van der Waals surface area contributed by atoms with Crippen molar-refractivity contribution >= 4 is 35.2 Å². The van der Waals surface area contributed by atoms with Gasteiger partial charge in [0.1, 0.15) is 6.04 Å². The Morgan fingerprint density at radius 1 is 0.917 bits per heavy atom. The Bertz CT molecular complexity index is 1160. The molecule has 3 aromatic carbocycles. The van der Waals surface area contributed by atoms with Crippen molar-refractivity contribution in [3.63, 3.8) is 0 Å². The van der Waals surface area contributed by atoms with Crippen molar-refractivity contribution in [3.05, 3.63) is 106 Å². The van der Waals surface area contributed by atoms with Crippen LogP contribution in [0.3, 0.4) is 0 Å². The normalized spacial score (nSPS) is 12.1. The lowest BCUT2D eigenvalue weighted by Crippen LogP contribution is -2.54. The average Bonchev–Trinajstić information content (AvgIpc) is 2.81. The molecule has 0 saturated carbocycles. The Morgan fingerprint density at radius 3 is 2.25 bits per heavy atom. The zero-order chi connectivity index (χ0) is 26.1. The number of carbonyl (C=O) groups excluding carboxylic acids is 2. The molecule has 2 amide bonds. The van der Waals surface area contributed by atoms with Gasteiger partial charge in [0.2, 0.25) is 11.8 Å². The Hall–Kier alpha value is -2.76. The highest BCUT2D eigenvalue weighted by atomic mass is 35.5. The van der Waals surface area contributed by atoms with Crippen molar-refractivity contribution in [1.82, 2.24) is 10.2 Å². The SMILES string of the molecule is Cc1cccc(CN(C(=O)CSCc2cccc(Cl)c2)C(Cc2ccccc2)C(=O)NC(C)(C)C)c1. The monoisotopic (exact) mass is 522 g/mol. The number of nitrogens with zero attached hydrogens (tertiary/aromatic N) is 1. The van der Waals surface area contributed by atoms with E-state index in [1.165, 1.54) is 11.8 Å². The molecule has 6 heteroatoms. The number of aryl methyl sites for hydroxylation is 1. The van der Waals surface area contributed by atoms with Gasteiger partial charge in [-0.1, -0.05) is 83.9 Å². The summed E-state index contributed by atoms with van der Waals surface area (Å²) in [6.07, 6.45) is 0.444. The van der Waals surface area contributed by atoms with Crippen LogP contribution < -0.4 is 5.32 Å². The minimum Gasteiger partial charge on any atom is -0.350 e. The van der Waals surface area contributed by atoms with Gasteiger partial charge in [-0.3, -0.25) is 9.59 Å². The van der Waals surface area contributed by atoms with Crippen LogP contribution in [-0.2, 0) is 28.3 Å². The summed E-state index contributed by atoms with van der Waals surface area (Å²) in [6.45, 7) is 8.27. The van der Waals surface area contributed by atoms with Gasteiger partial charge in [-0.15, -0.1) is 11.8 Å². The summed E-state index contributed by atoms with van der Waals surface area (Å²) >= 11 is 7.65. The molecule has 0 spiro atoms. The van der Waals surface area contributed by atoms with Crippen molar-refractivity contribution in [2.24, 2.45) is 0 Å². The van der Waals surface area contributed by atoms with Crippen LogP contribution in [0.25, 0.3) is 0 Å². The van der Waals surface area contributed by atoms with Crippen molar-refractivity contribution in [1.29, 1.82) is 0 Å². The van der Waals surface area contributed by atoms with Crippen LogP contribution in [0.1, 0.15) is 43.0 Å². The zero-order valence-corrected chi connectivity index (χ0v) is 23.0. The number of amides is 2. The van der Waals surface area contributed by atoms with E-state index in [0.717, 1.165) is 22.3 Å². The molecule has 3 rings (SSSR count). The summed E-state index contributed by atoms with van der Waals surface area (Å²) in [7, 11) is 0. The molecule has 0 saturated heterocycles. The van der Waals surface area contributed by atoms with Crippen LogP contribution in [-0.4, -0.2) is 34.0 Å². The third-order valence-electron chi connectivity index (χ3n) is 5.59. The van der Waals surface area contributed by atoms with E-state index in [0.29, 0.717) is 23.7 Å². The van der Waals surface area contributed by atoms with Crippen molar-refractivity contribution in [3.8, 4) is 0 Å². The van der Waals surface area contributed by atoms with E-state index in [-0.39, 0.29) is 17.6 Å². The zero-order valence-electron chi connectivity index (χ0n) is 21.5. The highest BCUT2D eigenvalue weighted by Gasteiger charge is 2.32. The summed E-state index contributed by atoms with van der Waals surface area (Å²) < 4.78 is 0. The van der Waals surface area contributed by atoms with Gasteiger partial charge in [0.05, 0.1) is 5.75 Å². The highest BCUT2D eigenvalue weighted by Crippen LogP contribution is 2.21. The summed E-state index contributed by atoms with van der Waals surface area (Å²) in [5.41, 5.74) is 3.79. The third kappa shape index (κ3) is 9.03. The molecule has 4 nitrogen and oxygen atoms in total. The Morgan fingerprint density at radius 2 is 1.58 bits per heavy atom. The lowest BCUT2D eigenvalue weighted by atomic mass is 10.0. The van der Waals surface area contributed by atoms with Gasteiger partial charge in [-0.2, -0.15) is 0 Å². The van der Waals surface area contributed by atoms with E-state index in [1.807, 2.05) is 100 Å². The maximum absolute atomic E-state index is 13.7. The van der Waals surface area contributed by atoms with Crippen molar-refractivity contribution < 1.29 is 9.59 Å². The number of hydrogen-bond acceptors (Lipinski definition) is 3. The largest absolute Gasteiger partial charge is 0.350 e. The fraction of sp³-hybridized carbons (Fsp3) is 0.333. The van der Waals surface area contributed by atoms with Crippen molar-refractivity contribution in [2.75, 3.05) is 5.75 Å². The van der Waals surface area contributed by atoms with E-state index in [9.17, 15) is 9.59 Å². The van der Waals surface area contributed by atoms with Gasteiger partial charge in [0.15, 0.2) is 0 Å². The molecule has 0 aliphatic heterocycles.